The summed E-state index contributed by atoms with van der Waals surface area (Å²) in [6.07, 6.45) is -3.03. The van der Waals surface area contributed by atoms with Crippen LogP contribution in [0.4, 0.5) is 10.1 Å². The Morgan fingerprint density at radius 1 is 1.24 bits per heavy atom. The number of ether oxygens (including phenoxy) is 2. The molecule has 1 saturated heterocycles. The minimum atomic E-state index is -1.46. The first kappa shape index (κ1) is 21.3. The van der Waals surface area contributed by atoms with Gasteiger partial charge in [0.2, 0.25) is 0 Å². The Morgan fingerprint density at radius 2 is 1.93 bits per heavy atom. The van der Waals surface area contributed by atoms with Gasteiger partial charge in [-0.2, -0.15) is 0 Å². The van der Waals surface area contributed by atoms with Gasteiger partial charge in [0.25, 0.3) is 0 Å². The molecule has 0 aliphatic carbocycles. The first-order chi connectivity index (χ1) is 13.6. The number of alkyl halides is 1. The van der Waals surface area contributed by atoms with Crippen LogP contribution in [0.15, 0.2) is 39.5 Å². The Labute approximate surface area is 169 Å². The highest BCUT2D eigenvalue weighted by atomic mass is 18.2. The van der Waals surface area contributed by atoms with Crippen molar-refractivity contribution in [2.24, 2.45) is 5.41 Å². The fourth-order valence-corrected chi connectivity index (χ4v) is 3.41. The standard InChI is InChI=1S/C22H28FNO5/c1-6-15-18(23)20(29-21(26)22(3,4)5)19(12(2)27-15)24-14-9-7-13-8-10-17(25)28-16(13)11-14/h7-12,15,18-20,24H,6H2,1-5H3/t12?,15?,18-,19-,20?/m0/s1/i23-1. The number of nitrogens with one attached hydrogen (secondary N) is 1. The summed E-state index contributed by atoms with van der Waals surface area (Å²) in [5.41, 5.74) is -0.167. The molecule has 1 aliphatic heterocycles. The quantitative estimate of drug-likeness (QED) is 0.611. The third-order valence-electron chi connectivity index (χ3n) is 5.13. The van der Waals surface area contributed by atoms with E-state index in [2.05, 4.69) is 5.32 Å². The molecule has 29 heavy (non-hydrogen) atoms. The molecule has 0 bridgehead atoms. The number of hydrogen-bond donors (Lipinski definition) is 1. The second-order valence-electron chi connectivity index (χ2n) is 8.53. The van der Waals surface area contributed by atoms with Gasteiger partial charge in [0.15, 0.2) is 12.3 Å². The molecule has 0 amide bonds. The van der Waals surface area contributed by atoms with E-state index < -0.39 is 47.5 Å². The highest BCUT2D eigenvalue weighted by molar-refractivity contribution is 5.80. The van der Waals surface area contributed by atoms with Crippen LogP contribution in [0.2, 0.25) is 0 Å². The highest BCUT2D eigenvalue weighted by Gasteiger charge is 2.47. The van der Waals surface area contributed by atoms with Gasteiger partial charge < -0.3 is 19.2 Å². The number of anilines is 1. The van der Waals surface area contributed by atoms with Crippen molar-refractivity contribution in [2.45, 2.75) is 71.6 Å². The molecule has 3 unspecified atom stereocenters. The van der Waals surface area contributed by atoms with Crippen LogP contribution >= 0.6 is 0 Å². The van der Waals surface area contributed by atoms with Crippen molar-refractivity contribution in [1.29, 1.82) is 0 Å². The normalized spacial score (nSPS) is 27.6. The zero-order valence-electron chi connectivity index (χ0n) is 17.4. The molecule has 2 heterocycles. The number of rotatable bonds is 4. The van der Waals surface area contributed by atoms with Crippen molar-refractivity contribution < 1.29 is 23.1 Å². The molecule has 1 aliphatic rings. The van der Waals surface area contributed by atoms with Gasteiger partial charge in [-0.1, -0.05) is 6.92 Å². The third kappa shape index (κ3) is 4.61. The maximum Gasteiger partial charge on any atom is 0.336 e. The highest BCUT2D eigenvalue weighted by Crippen LogP contribution is 2.32. The van der Waals surface area contributed by atoms with Gasteiger partial charge in [0, 0.05) is 23.2 Å². The van der Waals surface area contributed by atoms with Crippen LogP contribution in [0.5, 0.6) is 0 Å². The lowest BCUT2D eigenvalue weighted by molar-refractivity contribution is -0.187. The fraction of sp³-hybridized carbons (Fsp3) is 0.545. The summed E-state index contributed by atoms with van der Waals surface area (Å²) < 4.78 is 31.9. The molecule has 158 valence electrons. The molecule has 1 aromatic carbocycles. The van der Waals surface area contributed by atoms with Crippen molar-refractivity contribution in [3.63, 3.8) is 0 Å². The molecular formula is C22H28FNO5. The van der Waals surface area contributed by atoms with Gasteiger partial charge >= 0.3 is 11.6 Å². The summed E-state index contributed by atoms with van der Waals surface area (Å²) in [4.78, 5) is 24.0. The zero-order valence-corrected chi connectivity index (χ0v) is 17.4. The predicted octanol–water partition coefficient (Wildman–Crippen LogP) is 4.07. The van der Waals surface area contributed by atoms with E-state index in [0.29, 0.717) is 17.7 Å². The second-order valence-corrected chi connectivity index (χ2v) is 8.53. The number of hydrogen-bond acceptors (Lipinski definition) is 6. The molecule has 7 heteroatoms. The second kappa shape index (κ2) is 8.14. The molecule has 1 N–H and O–H groups in total. The summed E-state index contributed by atoms with van der Waals surface area (Å²) in [5.74, 6) is -0.467. The predicted molar refractivity (Wildman–Crippen MR) is 109 cm³/mol. The van der Waals surface area contributed by atoms with E-state index in [1.54, 1.807) is 45.0 Å². The summed E-state index contributed by atoms with van der Waals surface area (Å²) in [7, 11) is 0. The maximum atomic E-state index is 15.2. The number of halogens is 1. The lowest BCUT2D eigenvalue weighted by atomic mass is 9.91. The van der Waals surface area contributed by atoms with E-state index in [4.69, 9.17) is 13.9 Å². The Kier molecular flexibility index (Phi) is 5.98. The first-order valence-electron chi connectivity index (χ1n) is 9.91. The smallest absolute Gasteiger partial charge is 0.336 e. The molecule has 2 aromatic rings. The average molecular weight is 404 g/mol. The lowest BCUT2D eigenvalue weighted by Gasteiger charge is -2.43. The van der Waals surface area contributed by atoms with Crippen LogP contribution in [0.25, 0.3) is 11.0 Å². The molecule has 6 nitrogen and oxygen atoms in total. The molecule has 0 radical (unpaired) electrons. The molecule has 1 aromatic heterocycles. The first-order valence-corrected chi connectivity index (χ1v) is 9.91. The summed E-state index contributed by atoms with van der Waals surface area (Å²) in [5, 5.41) is 3.99. The molecule has 0 saturated carbocycles. The molecule has 5 atom stereocenters. The van der Waals surface area contributed by atoms with Crippen molar-refractivity contribution >= 4 is 22.6 Å². The number of carbonyl (C=O) groups is 1. The Bertz CT molecular complexity index is 935. The van der Waals surface area contributed by atoms with Gasteiger partial charge in [-0.25, -0.2) is 9.18 Å². The molecule has 1 fully saturated rings. The topological polar surface area (TPSA) is 77.8 Å². The van der Waals surface area contributed by atoms with Crippen LogP contribution in [-0.4, -0.2) is 36.5 Å². The summed E-state index contributed by atoms with van der Waals surface area (Å²) >= 11 is 0. The van der Waals surface area contributed by atoms with Gasteiger partial charge in [0.05, 0.1) is 23.7 Å². The summed E-state index contributed by atoms with van der Waals surface area (Å²) in [6, 6.07) is 7.70. The van der Waals surface area contributed by atoms with Crippen LogP contribution in [0, 0.1) is 5.41 Å². The number of carbonyl (C=O) groups excluding carboxylic acids is 1. The van der Waals surface area contributed by atoms with Crippen molar-refractivity contribution in [1.82, 2.24) is 0 Å². The Balaban J connectivity index is 1.91. The lowest BCUT2D eigenvalue weighted by Crippen LogP contribution is -2.59. The van der Waals surface area contributed by atoms with Gasteiger partial charge in [-0.05, 0) is 52.3 Å². The Hall–Kier alpha value is -2.41. The van der Waals surface area contributed by atoms with Crippen LogP contribution in [0.1, 0.15) is 41.0 Å². The average Bonchev–Trinajstić information content (AvgIpc) is 2.65. The van der Waals surface area contributed by atoms with E-state index in [1.807, 2.05) is 13.8 Å². The number of benzene rings is 1. The fourth-order valence-electron chi connectivity index (χ4n) is 3.41. The van der Waals surface area contributed by atoms with Crippen molar-refractivity contribution in [3.05, 3.63) is 40.8 Å². The van der Waals surface area contributed by atoms with Gasteiger partial charge in [-0.3, -0.25) is 4.79 Å². The monoisotopic (exact) mass is 404 g/mol. The minimum Gasteiger partial charge on any atom is -0.456 e. The van der Waals surface area contributed by atoms with Crippen LogP contribution in [-0.2, 0) is 14.3 Å². The SMILES string of the molecule is CCC1OC(C)[C@H](Nc2ccc3ccc(=O)oc3c2)C(OC(=O)C(C)(C)C)[C@H]1[18F]. The molecular weight excluding hydrogens is 376 g/mol. The molecule has 3 rings (SSSR count). The third-order valence-corrected chi connectivity index (χ3v) is 5.13. The Morgan fingerprint density at radius 3 is 2.59 bits per heavy atom. The van der Waals surface area contributed by atoms with E-state index in [1.165, 1.54) is 6.07 Å². The van der Waals surface area contributed by atoms with Gasteiger partial charge in [0.1, 0.15) is 5.58 Å². The number of esters is 1. The minimum absolute atomic E-state index is 0.400. The largest absolute Gasteiger partial charge is 0.456 e. The van der Waals surface area contributed by atoms with Gasteiger partial charge in [-0.15, -0.1) is 0 Å². The zero-order chi connectivity index (χ0) is 21.3. The number of fused-ring (bicyclic) bond motifs is 1. The van der Waals surface area contributed by atoms with E-state index in [-0.39, 0.29) is 0 Å². The van der Waals surface area contributed by atoms with Crippen molar-refractivity contribution in [2.75, 3.05) is 5.32 Å². The van der Waals surface area contributed by atoms with Crippen LogP contribution in [0.3, 0.4) is 0 Å². The molecule has 0 spiro atoms. The van der Waals surface area contributed by atoms with E-state index >= 15 is 4.39 Å². The maximum absolute atomic E-state index is 15.2. The van der Waals surface area contributed by atoms with Crippen LogP contribution < -0.4 is 10.9 Å². The van der Waals surface area contributed by atoms with E-state index in [9.17, 15) is 9.59 Å². The van der Waals surface area contributed by atoms with E-state index in [0.717, 1.165) is 5.39 Å². The van der Waals surface area contributed by atoms with Crippen molar-refractivity contribution in [3.8, 4) is 0 Å². The summed E-state index contributed by atoms with van der Waals surface area (Å²) in [6.45, 7) is 8.86.